The van der Waals surface area contributed by atoms with Crippen LogP contribution in [-0.2, 0) is 6.18 Å². The van der Waals surface area contributed by atoms with Gasteiger partial charge in [0.15, 0.2) is 0 Å². The summed E-state index contributed by atoms with van der Waals surface area (Å²) >= 11 is 0. The van der Waals surface area contributed by atoms with E-state index in [2.05, 4.69) is 0 Å². The minimum atomic E-state index is -4.30. The molecule has 0 saturated heterocycles. The summed E-state index contributed by atoms with van der Waals surface area (Å²) in [5, 5.41) is 0.397. The third kappa shape index (κ3) is 2.74. The normalized spacial score (nSPS) is 11.9. The number of methoxy groups -OCH3 is 1. The van der Waals surface area contributed by atoms with Gasteiger partial charge >= 0.3 is 6.18 Å². The average molecular weight is 233 g/mol. The van der Waals surface area contributed by atoms with Crippen LogP contribution in [0.5, 0.6) is 5.75 Å². The third-order valence-corrected chi connectivity index (χ3v) is 3.58. The predicted octanol–water partition coefficient (Wildman–Crippen LogP) is 2.68. The Morgan fingerprint density at radius 1 is 1.20 bits per heavy atom. The van der Waals surface area contributed by atoms with E-state index in [1.807, 2.05) is 13.1 Å². The van der Waals surface area contributed by atoms with E-state index in [4.69, 9.17) is 4.74 Å². The molecule has 0 spiro atoms. The van der Waals surface area contributed by atoms with Crippen LogP contribution >= 0.6 is 0 Å². The number of ether oxygens (including phenoxy) is 1. The van der Waals surface area contributed by atoms with Crippen molar-refractivity contribution < 1.29 is 17.9 Å². The molecule has 0 aliphatic heterocycles. The number of hydrogen-bond acceptors (Lipinski definition) is 1. The molecule has 15 heavy (non-hydrogen) atoms. The highest BCUT2D eigenvalue weighted by molar-refractivity contribution is 6.71. The first-order valence-electron chi connectivity index (χ1n) is 4.42. The van der Waals surface area contributed by atoms with Gasteiger partial charge in [-0.25, -0.2) is 0 Å². The zero-order valence-electron chi connectivity index (χ0n) is 8.77. The molecule has 1 nitrogen and oxygen atoms in total. The number of halogens is 3. The van der Waals surface area contributed by atoms with Crippen LogP contribution in [0.25, 0.3) is 0 Å². The fourth-order valence-electron chi connectivity index (χ4n) is 1.32. The second kappa shape index (κ2) is 4.26. The smallest absolute Gasteiger partial charge is 0.416 e. The van der Waals surface area contributed by atoms with E-state index >= 15 is 0 Å². The van der Waals surface area contributed by atoms with Crippen molar-refractivity contribution in [3.8, 4) is 5.75 Å². The first-order valence-corrected chi connectivity index (χ1v) is 6.92. The molecule has 0 aliphatic rings. The van der Waals surface area contributed by atoms with Gasteiger partial charge in [0.25, 0.3) is 0 Å². The fourth-order valence-corrected chi connectivity index (χ4v) is 2.49. The highest BCUT2D eigenvalue weighted by Gasteiger charge is 2.34. The minimum absolute atomic E-state index is 0.245. The van der Waals surface area contributed by atoms with Crippen molar-refractivity contribution in [3.63, 3.8) is 0 Å². The molecule has 0 unspecified atom stereocenters. The molecule has 0 N–H and O–H groups in total. The maximum atomic E-state index is 12.7. The molecule has 1 aromatic carbocycles. The lowest BCUT2D eigenvalue weighted by atomic mass is 10.2. The Morgan fingerprint density at radius 3 is 2.20 bits per heavy atom. The quantitative estimate of drug-likeness (QED) is 0.714. The molecule has 1 aromatic rings. The Hall–Kier alpha value is -0.973. The molecule has 1 radical (unpaired) electrons. The van der Waals surface area contributed by atoms with Gasteiger partial charge < -0.3 is 4.74 Å². The molecule has 0 fully saturated rings. The van der Waals surface area contributed by atoms with E-state index in [1.54, 1.807) is 6.07 Å². The summed E-state index contributed by atoms with van der Waals surface area (Å²) in [5.41, 5.74) is -0.569. The Kier molecular flexibility index (Phi) is 3.44. The van der Waals surface area contributed by atoms with E-state index in [9.17, 15) is 13.2 Å². The van der Waals surface area contributed by atoms with Gasteiger partial charge in [0, 0.05) is 0 Å². The highest BCUT2D eigenvalue weighted by atomic mass is 28.3. The van der Waals surface area contributed by atoms with E-state index in [-0.39, 0.29) is 5.75 Å². The molecule has 0 amide bonds. The van der Waals surface area contributed by atoms with Crippen LogP contribution < -0.4 is 9.92 Å². The van der Waals surface area contributed by atoms with Crippen molar-refractivity contribution in [1.29, 1.82) is 0 Å². The van der Waals surface area contributed by atoms with E-state index in [1.165, 1.54) is 13.2 Å². The molecule has 0 atom stereocenters. The van der Waals surface area contributed by atoms with Gasteiger partial charge in [-0.15, -0.1) is 0 Å². The maximum Gasteiger partial charge on any atom is 0.416 e. The van der Waals surface area contributed by atoms with Gasteiger partial charge in [-0.2, -0.15) is 13.2 Å². The fraction of sp³-hybridized carbons (Fsp3) is 0.400. The second-order valence-electron chi connectivity index (χ2n) is 3.41. The first-order chi connectivity index (χ1) is 6.86. The second-order valence-corrected chi connectivity index (χ2v) is 5.95. The molecule has 5 heteroatoms. The van der Waals surface area contributed by atoms with Crippen molar-refractivity contribution in [3.05, 3.63) is 23.8 Å². The third-order valence-electron chi connectivity index (χ3n) is 2.07. The zero-order chi connectivity index (χ0) is 11.6. The summed E-state index contributed by atoms with van der Waals surface area (Å²) in [7, 11) is 0.236. The SMILES string of the molecule is COc1ccc([Si](C)C)c(C(F)(F)F)c1. The van der Waals surface area contributed by atoms with E-state index in [0.717, 1.165) is 6.07 Å². The average Bonchev–Trinajstić information content (AvgIpc) is 2.15. The molecule has 1 rings (SSSR count). The number of benzene rings is 1. The van der Waals surface area contributed by atoms with Gasteiger partial charge in [-0.3, -0.25) is 0 Å². The summed E-state index contributed by atoms with van der Waals surface area (Å²) < 4.78 is 42.9. The summed E-state index contributed by atoms with van der Waals surface area (Å²) in [5.74, 6) is 0.245. The summed E-state index contributed by atoms with van der Waals surface area (Å²) in [6, 6.07) is 4.14. The predicted molar refractivity (Wildman–Crippen MR) is 55.1 cm³/mol. The van der Waals surface area contributed by atoms with Crippen molar-refractivity contribution >= 4 is 14.0 Å². The topological polar surface area (TPSA) is 9.23 Å². The lowest BCUT2D eigenvalue weighted by Gasteiger charge is -2.15. The van der Waals surface area contributed by atoms with Crippen LogP contribution in [0.2, 0.25) is 13.1 Å². The van der Waals surface area contributed by atoms with Crippen LogP contribution in [-0.4, -0.2) is 15.9 Å². The van der Waals surface area contributed by atoms with Crippen LogP contribution in [0.4, 0.5) is 13.2 Å². The van der Waals surface area contributed by atoms with Gasteiger partial charge in [-0.1, -0.05) is 19.2 Å². The lowest BCUT2D eigenvalue weighted by Crippen LogP contribution is -2.30. The van der Waals surface area contributed by atoms with Gasteiger partial charge in [0.05, 0.1) is 21.5 Å². The van der Waals surface area contributed by atoms with Crippen LogP contribution in [0.1, 0.15) is 5.56 Å². The van der Waals surface area contributed by atoms with E-state index < -0.39 is 20.5 Å². The Balaban J connectivity index is 3.29. The lowest BCUT2D eigenvalue weighted by molar-refractivity contribution is -0.136. The van der Waals surface area contributed by atoms with Gasteiger partial charge in [0.1, 0.15) is 5.75 Å². The van der Waals surface area contributed by atoms with E-state index in [0.29, 0.717) is 5.19 Å². The summed E-state index contributed by atoms with van der Waals surface area (Å²) in [6.07, 6.45) is -4.30. The maximum absolute atomic E-state index is 12.7. The molecule has 83 valence electrons. The number of hydrogen-bond donors (Lipinski definition) is 0. The van der Waals surface area contributed by atoms with Gasteiger partial charge in [0.2, 0.25) is 0 Å². The monoisotopic (exact) mass is 233 g/mol. The number of alkyl halides is 3. The molecule has 0 saturated carbocycles. The highest BCUT2D eigenvalue weighted by Crippen LogP contribution is 2.30. The van der Waals surface area contributed by atoms with Crippen LogP contribution in [0.15, 0.2) is 18.2 Å². The molecule has 0 aromatic heterocycles. The molecule has 0 aliphatic carbocycles. The van der Waals surface area contributed by atoms with Gasteiger partial charge in [-0.05, 0) is 17.3 Å². The zero-order valence-corrected chi connectivity index (χ0v) is 9.77. The molecular weight excluding hydrogens is 221 g/mol. The standard InChI is InChI=1S/C10H12F3OSi/c1-14-7-4-5-9(15(2)3)8(6-7)10(11,12)13/h4-6H,1-3H3. The largest absolute Gasteiger partial charge is 0.497 e. The Bertz CT molecular complexity index is 347. The summed E-state index contributed by atoms with van der Waals surface area (Å²) in [4.78, 5) is 0. The molecule has 0 heterocycles. The summed E-state index contributed by atoms with van der Waals surface area (Å²) in [6.45, 7) is 3.67. The van der Waals surface area contributed by atoms with Crippen molar-refractivity contribution in [2.75, 3.05) is 7.11 Å². The number of rotatable bonds is 2. The van der Waals surface area contributed by atoms with Crippen LogP contribution in [0, 0.1) is 0 Å². The Morgan fingerprint density at radius 2 is 1.80 bits per heavy atom. The van der Waals surface area contributed by atoms with Crippen LogP contribution in [0.3, 0.4) is 0 Å². The molecular formula is C10H12F3OSi. The first kappa shape index (κ1) is 12.1. The minimum Gasteiger partial charge on any atom is -0.497 e. The Labute approximate surface area is 88.5 Å². The van der Waals surface area contributed by atoms with Crippen molar-refractivity contribution in [2.24, 2.45) is 0 Å². The van der Waals surface area contributed by atoms with Crippen molar-refractivity contribution in [2.45, 2.75) is 19.3 Å². The van der Waals surface area contributed by atoms with Crippen molar-refractivity contribution in [1.82, 2.24) is 0 Å². The molecule has 0 bridgehead atoms.